The molecule has 1 aliphatic heterocycles. The molecule has 5 nitrogen and oxygen atoms in total. The molecule has 1 saturated heterocycles. The summed E-state index contributed by atoms with van der Waals surface area (Å²) in [5.41, 5.74) is 1.18. The van der Waals surface area contributed by atoms with E-state index in [0.717, 1.165) is 30.6 Å². The lowest BCUT2D eigenvalue weighted by Gasteiger charge is -2.18. The van der Waals surface area contributed by atoms with Crippen LogP contribution in [0, 0.1) is 5.92 Å². The molecule has 4 rings (SSSR count). The van der Waals surface area contributed by atoms with Gasteiger partial charge in [0, 0.05) is 36.5 Å². The van der Waals surface area contributed by atoms with Crippen LogP contribution in [0.2, 0.25) is 0 Å². The topological polar surface area (TPSA) is 52.0 Å². The Morgan fingerprint density at radius 3 is 3.15 bits per heavy atom. The monoisotopic (exact) mass is 290 g/mol. The third-order valence-corrected chi connectivity index (χ3v) is 4.66. The zero-order valence-corrected chi connectivity index (χ0v) is 12.1. The maximum atomic E-state index is 5.90. The molecule has 0 aromatic carbocycles. The summed E-state index contributed by atoms with van der Waals surface area (Å²) >= 11 is 1.63. The number of rotatable bonds is 5. The standard InChI is InChI=1S/C14H18N4OS/c1-2-10(1)8-18-9-11(7-16-18)13-12(3-5-19-13)17-14-15-4-6-20-14/h4,6-7,9-10,12-13H,1-3,5,8H2,(H,15,17)/t12-,13+/m0/s1. The van der Waals surface area contributed by atoms with Gasteiger partial charge >= 0.3 is 0 Å². The second kappa shape index (κ2) is 5.18. The second-order valence-electron chi connectivity index (χ2n) is 5.61. The normalized spacial score (nSPS) is 26.0. The van der Waals surface area contributed by atoms with E-state index in [1.807, 2.05) is 17.8 Å². The Kier molecular flexibility index (Phi) is 3.20. The van der Waals surface area contributed by atoms with Crippen LogP contribution in [0.5, 0.6) is 0 Å². The molecular weight excluding hydrogens is 272 g/mol. The molecule has 2 aromatic heterocycles. The van der Waals surface area contributed by atoms with Crippen molar-refractivity contribution in [1.29, 1.82) is 0 Å². The first-order valence-electron chi connectivity index (χ1n) is 7.18. The van der Waals surface area contributed by atoms with Crippen LogP contribution in [0.25, 0.3) is 0 Å². The Labute approximate surface area is 122 Å². The molecule has 6 heteroatoms. The smallest absolute Gasteiger partial charge is 0.182 e. The maximum absolute atomic E-state index is 5.90. The number of hydrogen-bond acceptors (Lipinski definition) is 5. The van der Waals surface area contributed by atoms with Crippen LogP contribution in [-0.2, 0) is 11.3 Å². The fraction of sp³-hybridized carbons (Fsp3) is 0.571. The van der Waals surface area contributed by atoms with Crippen molar-refractivity contribution >= 4 is 16.5 Å². The molecular formula is C14H18N4OS. The van der Waals surface area contributed by atoms with E-state index in [2.05, 4.69) is 26.3 Å². The minimum absolute atomic E-state index is 0.0897. The van der Waals surface area contributed by atoms with E-state index in [4.69, 9.17) is 4.74 Å². The molecule has 0 spiro atoms. The van der Waals surface area contributed by atoms with E-state index in [1.165, 1.54) is 18.4 Å². The number of aromatic nitrogens is 3. The second-order valence-corrected chi connectivity index (χ2v) is 6.50. The summed E-state index contributed by atoms with van der Waals surface area (Å²) in [6.07, 6.45) is 9.72. The minimum Gasteiger partial charge on any atom is -0.371 e. The summed E-state index contributed by atoms with van der Waals surface area (Å²) in [4.78, 5) is 4.29. The molecule has 0 unspecified atom stereocenters. The van der Waals surface area contributed by atoms with Crippen molar-refractivity contribution in [1.82, 2.24) is 14.8 Å². The largest absolute Gasteiger partial charge is 0.371 e. The fourth-order valence-corrected chi connectivity index (χ4v) is 3.30. The van der Waals surface area contributed by atoms with Gasteiger partial charge in [0.15, 0.2) is 5.13 Å². The van der Waals surface area contributed by atoms with Gasteiger partial charge in [-0.25, -0.2) is 4.98 Å². The summed E-state index contributed by atoms with van der Waals surface area (Å²) < 4.78 is 7.96. The first kappa shape index (κ1) is 12.3. The molecule has 2 aliphatic rings. The van der Waals surface area contributed by atoms with Gasteiger partial charge in [0.05, 0.1) is 12.2 Å². The first-order chi connectivity index (χ1) is 9.88. The number of hydrogen-bond donors (Lipinski definition) is 1. The molecule has 106 valence electrons. The van der Waals surface area contributed by atoms with Gasteiger partial charge in [-0.05, 0) is 25.2 Å². The molecule has 20 heavy (non-hydrogen) atoms. The molecule has 0 radical (unpaired) electrons. The van der Waals surface area contributed by atoms with Crippen molar-refractivity contribution in [2.24, 2.45) is 5.92 Å². The van der Waals surface area contributed by atoms with E-state index in [0.29, 0.717) is 6.04 Å². The Morgan fingerprint density at radius 2 is 2.35 bits per heavy atom. The zero-order valence-electron chi connectivity index (χ0n) is 11.2. The molecule has 1 saturated carbocycles. The van der Waals surface area contributed by atoms with Crippen LogP contribution >= 0.6 is 11.3 Å². The SMILES string of the molecule is c1csc(N[C@H]2CCO[C@@H]2c2cnn(CC3CC3)c2)n1. The van der Waals surface area contributed by atoms with Gasteiger partial charge in [0.2, 0.25) is 0 Å². The van der Waals surface area contributed by atoms with Gasteiger partial charge in [0.1, 0.15) is 6.10 Å². The number of ether oxygens (including phenoxy) is 1. The van der Waals surface area contributed by atoms with E-state index >= 15 is 0 Å². The van der Waals surface area contributed by atoms with E-state index in [-0.39, 0.29) is 6.10 Å². The fourth-order valence-electron chi connectivity index (χ4n) is 2.71. The lowest BCUT2D eigenvalue weighted by molar-refractivity contribution is 0.107. The molecule has 0 amide bonds. The molecule has 1 N–H and O–H groups in total. The number of nitrogens with one attached hydrogen (secondary N) is 1. The van der Waals surface area contributed by atoms with E-state index < -0.39 is 0 Å². The van der Waals surface area contributed by atoms with E-state index in [9.17, 15) is 0 Å². The highest BCUT2D eigenvalue weighted by Gasteiger charge is 2.31. The zero-order chi connectivity index (χ0) is 13.4. The lowest BCUT2D eigenvalue weighted by Crippen LogP contribution is -2.22. The number of nitrogens with zero attached hydrogens (tertiary/aromatic N) is 3. The van der Waals surface area contributed by atoms with Crippen LogP contribution in [0.15, 0.2) is 24.0 Å². The van der Waals surface area contributed by atoms with Gasteiger partial charge in [-0.15, -0.1) is 11.3 Å². The van der Waals surface area contributed by atoms with Crippen molar-refractivity contribution in [2.75, 3.05) is 11.9 Å². The van der Waals surface area contributed by atoms with Crippen LogP contribution in [-0.4, -0.2) is 27.4 Å². The predicted molar refractivity (Wildman–Crippen MR) is 77.8 cm³/mol. The Balaban J connectivity index is 1.46. The van der Waals surface area contributed by atoms with Gasteiger partial charge < -0.3 is 10.1 Å². The highest BCUT2D eigenvalue weighted by Crippen LogP contribution is 2.33. The molecule has 3 heterocycles. The summed E-state index contributed by atoms with van der Waals surface area (Å²) in [7, 11) is 0. The van der Waals surface area contributed by atoms with Crippen molar-refractivity contribution in [2.45, 2.75) is 38.0 Å². The minimum atomic E-state index is 0.0897. The predicted octanol–water partition coefficient (Wildman–Crippen LogP) is 2.69. The molecule has 2 atom stereocenters. The number of anilines is 1. The van der Waals surface area contributed by atoms with Crippen LogP contribution in [0.1, 0.15) is 30.9 Å². The van der Waals surface area contributed by atoms with Gasteiger partial charge in [-0.3, -0.25) is 4.68 Å². The first-order valence-corrected chi connectivity index (χ1v) is 8.06. The van der Waals surface area contributed by atoms with Gasteiger partial charge in [-0.1, -0.05) is 0 Å². The summed E-state index contributed by atoms with van der Waals surface area (Å²) in [6, 6.07) is 0.291. The quantitative estimate of drug-likeness (QED) is 0.920. The van der Waals surface area contributed by atoms with Crippen LogP contribution < -0.4 is 5.32 Å². The van der Waals surface area contributed by atoms with Crippen molar-refractivity contribution in [3.05, 3.63) is 29.5 Å². The lowest BCUT2D eigenvalue weighted by atomic mass is 10.1. The highest BCUT2D eigenvalue weighted by molar-refractivity contribution is 7.13. The highest BCUT2D eigenvalue weighted by atomic mass is 32.1. The Morgan fingerprint density at radius 1 is 1.40 bits per heavy atom. The third-order valence-electron chi connectivity index (χ3n) is 3.96. The molecule has 2 fully saturated rings. The molecule has 2 aromatic rings. The van der Waals surface area contributed by atoms with Crippen molar-refractivity contribution in [3.63, 3.8) is 0 Å². The summed E-state index contributed by atoms with van der Waals surface area (Å²) in [6.45, 7) is 1.85. The average Bonchev–Trinajstić information content (AvgIpc) is 2.90. The van der Waals surface area contributed by atoms with Crippen LogP contribution in [0.4, 0.5) is 5.13 Å². The third kappa shape index (κ3) is 2.58. The van der Waals surface area contributed by atoms with Crippen LogP contribution in [0.3, 0.4) is 0 Å². The van der Waals surface area contributed by atoms with Crippen molar-refractivity contribution in [3.8, 4) is 0 Å². The molecule has 1 aliphatic carbocycles. The van der Waals surface area contributed by atoms with Gasteiger partial charge in [0.25, 0.3) is 0 Å². The summed E-state index contributed by atoms with van der Waals surface area (Å²) in [5.74, 6) is 0.844. The summed E-state index contributed by atoms with van der Waals surface area (Å²) in [5, 5.41) is 10.9. The van der Waals surface area contributed by atoms with Gasteiger partial charge in [-0.2, -0.15) is 5.10 Å². The van der Waals surface area contributed by atoms with E-state index in [1.54, 1.807) is 11.3 Å². The Hall–Kier alpha value is -1.40. The average molecular weight is 290 g/mol. The maximum Gasteiger partial charge on any atom is 0.182 e. The molecule has 0 bridgehead atoms. The Bertz CT molecular complexity index is 564. The van der Waals surface area contributed by atoms with Crippen molar-refractivity contribution < 1.29 is 4.74 Å². The number of thiazole rings is 1.